The smallest absolute Gasteiger partial charge is 0.310 e. The van der Waals surface area contributed by atoms with E-state index in [1.807, 2.05) is 0 Å². The Morgan fingerprint density at radius 3 is 2.56 bits per heavy atom. The topological polar surface area (TPSA) is 38.3 Å². The summed E-state index contributed by atoms with van der Waals surface area (Å²) in [5.74, 6) is 1.17. The molecule has 0 aromatic heterocycles. The molecule has 3 heteroatoms. The van der Waals surface area contributed by atoms with E-state index in [1.165, 1.54) is 32.8 Å². The monoisotopic (exact) mass is 227 g/mol. The molecule has 0 bridgehead atoms. The molecule has 0 aromatic rings. The van der Waals surface area contributed by atoms with E-state index in [2.05, 4.69) is 19.2 Å². The third kappa shape index (κ3) is 4.12. The molecule has 1 aliphatic rings. The van der Waals surface area contributed by atoms with Gasteiger partial charge in [0.1, 0.15) is 0 Å². The molecule has 16 heavy (non-hydrogen) atoms. The lowest BCUT2D eigenvalue weighted by atomic mass is 9.83. The zero-order valence-electron chi connectivity index (χ0n) is 10.8. The maximum absolute atomic E-state index is 11.5. The second-order valence-corrected chi connectivity index (χ2v) is 5.16. The Balaban J connectivity index is 2.13. The van der Waals surface area contributed by atoms with E-state index < -0.39 is 0 Å². The van der Waals surface area contributed by atoms with Crippen LogP contribution in [0, 0.1) is 17.8 Å². The number of nitrogens with one attached hydrogen (secondary N) is 1. The summed E-state index contributed by atoms with van der Waals surface area (Å²) in [7, 11) is 1.46. The summed E-state index contributed by atoms with van der Waals surface area (Å²) >= 11 is 0. The Morgan fingerprint density at radius 2 is 2.12 bits per heavy atom. The van der Waals surface area contributed by atoms with Crippen molar-refractivity contribution in [3.63, 3.8) is 0 Å². The number of hydrogen-bond donors (Lipinski definition) is 1. The number of carbonyl (C=O) groups excluding carboxylic acids is 1. The highest BCUT2D eigenvalue weighted by Gasteiger charge is 2.22. The molecule has 1 aliphatic carbocycles. The lowest BCUT2D eigenvalue weighted by molar-refractivity contribution is -0.146. The molecule has 1 rings (SSSR count). The zero-order chi connectivity index (χ0) is 12.0. The molecule has 0 spiro atoms. The van der Waals surface area contributed by atoms with Crippen LogP contribution in [0.4, 0.5) is 0 Å². The van der Waals surface area contributed by atoms with Gasteiger partial charge in [-0.25, -0.2) is 0 Å². The predicted molar refractivity (Wildman–Crippen MR) is 65.2 cm³/mol. The van der Waals surface area contributed by atoms with Gasteiger partial charge >= 0.3 is 5.97 Å². The lowest BCUT2D eigenvalue weighted by Crippen LogP contribution is -2.34. The Bertz CT molecular complexity index is 212. The minimum Gasteiger partial charge on any atom is -0.469 e. The van der Waals surface area contributed by atoms with Crippen LogP contribution >= 0.6 is 0 Å². The van der Waals surface area contributed by atoms with Crippen LogP contribution in [0.25, 0.3) is 0 Å². The number of carbonyl (C=O) groups is 1. The fourth-order valence-electron chi connectivity index (χ4n) is 2.09. The molecule has 0 saturated heterocycles. The Hall–Kier alpha value is -0.570. The molecule has 94 valence electrons. The van der Waals surface area contributed by atoms with Crippen molar-refractivity contribution in [3.05, 3.63) is 0 Å². The van der Waals surface area contributed by atoms with Gasteiger partial charge in [-0.3, -0.25) is 4.79 Å². The molecule has 0 aromatic carbocycles. The molecular formula is C13H25NO2. The van der Waals surface area contributed by atoms with Crippen molar-refractivity contribution in [2.45, 2.75) is 39.5 Å². The van der Waals surface area contributed by atoms with Gasteiger partial charge in [0.25, 0.3) is 0 Å². The van der Waals surface area contributed by atoms with Gasteiger partial charge in [0.2, 0.25) is 0 Å². The first-order valence-electron chi connectivity index (χ1n) is 6.43. The highest BCUT2D eigenvalue weighted by molar-refractivity contribution is 5.72. The number of hydrogen-bond acceptors (Lipinski definition) is 3. The minimum atomic E-state index is -0.0915. The molecule has 1 saturated carbocycles. The average molecular weight is 227 g/mol. The van der Waals surface area contributed by atoms with E-state index in [-0.39, 0.29) is 11.9 Å². The summed E-state index contributed by atoms with van der Waals surface area (Å²) in [5.41, 5.74) is 0. The largest absolute Gasteiger partial charge is 0.469 e. The second kappa shape index (κ2) is 6.89. The SMILES string of the molecule is COC(=O)C(CNCCC1CCC1)C(C)C. The molecule has 1 unspecified atom stereocenters. The highest BCUT2D eigenvalue weighted by Crippen LogP contribution is 2.28. The van der Waals surface area contributed by atoms with E-state index in [1.54, 1.807) is 0 Å². The van der Waals surface area contributed by atoms with Gasteiger partial charge in [0.05, 0.1) is 13.0 Å². The molecule has 1 fully saturated rings. The van der Waals surface area contributed by atoms with Gasteiger partial charge in [0, 0.05) is 6.54 Å². The summed E-state index contributed by atoms with van der Waals surface area (Å²) in [6.07, 6.45) is 5.45. The first-order valence-corrected chi connectivity index (χ1v) is 6.43. The van der Waals surface area contributed by atoms with Crippen LogP contribution in [0.2, 0.25) is 0 Å². The van der Waals surface area contributed by atoms with Gasteiger partial charge in [-0.1, -0.05) is 33.1 Å². The van der Waals surface area contributed by atoms with Crippen molar-refractivity contribution in [3.8, 4) is 0 Å². The molecule has 0 heterocycles. The van der Waals surface area contributed by atoms with Crippen LogP contribution in [0.5, 0.6) is 0 Å². The van der Waals surface area contributed by atoms with E-state index in [0.29, 0.717) is 5.92 Å². The third-order valence-electron chi connectivity index (χ3n) is 3.63. The van der Waals surface area contributed by atoms with Crippen molar-refractivity contribution in [2.75, 3.05) is 20.2 Å². The maximum Gasteiger partial charge on any atom is 0.310 e. The predicted octanol–water partition coefficient (Wildman–Crippen LogP) is 2.21. The lowest BCUT2D eigenvalue weighted by Gasteiger charge is -2.26. The van der Waals surface area contributed by atoms with Crippen molar-refractivity contribution in [1.82, 2.24) is 5.32 Å². The van der Waals surface area contributed by atoms with Crippen molar-refractivity contribution in [2.24, 2.45) is 17.8 Å². The standard InChI is InChI=1S/C13H25NO2/c1-10(2)12(13(15)16-3)9-14-8-7-11-5-4-6-11/h10-12,14H,4-9H2,1-3H3. The maximum atomic E-state index is 11.5. The summed E-state index contributed by atoms with van der Waals surface area (Å²) in [5, 5.41) is 3.38. The number of methoxy groups -OCH3 is 1. The summed E-state index contributed by atoms with van der Waals surface area (Å²) in [6.45, 7) is 5.91. The molecule has 0 amide bonds. The normalized spacial score (nSPS) is 18.2. The highest BCUT2D eigenvalue weighted by atomic mass is 16.5. The third-order valence-corrected chi connectivity index (χ3v) is 3.63. The van der Waals surface area contributed by atoms with Crippen molar-refractivity contribution in [1.29, 1.82) is 0 Å². The minimum absolute atomic E-state index is 0.00797. The van der Waals surface area contributed by atoms with Gasteiger partial charge < -0.3 is 10.1 Å². The number of esters is 1. The fraction of sp³-hybridized carbons (Fsp3) is 0.923. The zero-order valence-corrected chi connectivity index (χ0v) is 10.8. The second-order valence-electron chi connectivity index (χ2n) is 5.16. The first-order chi connectivity index (χ1) is 7.65. The van der Waals surface area contributed by atoms with Crippen LogP contribution < -0.4 is 5.32 Å². The Labute approximate surface area is 98.9 Å². The summed E-state index contributed by atoms with van der Waals surface area (Å²) < 4.78 is 4.81. The van der Waals surface area contributed by atoms with Crippen LogP contribution in [0.15, 0.2) is 0 Å². The van der Waals surface area contributed by atoms with Gasteiger partial charge in [-0.15, -0.1) is 0 Å². The molecular weight excluding hydrogens is 202 g/mol. The van der Waals surface area contributed by atoms with E-state index in [4.69, 9.17) is 4.74 Å². The average Bonchev–Trinajstić information content (AvgIpc) is 2.19. The fourth-order valence-corrected chi connectivity index (χ4v) is 2.09. The van der Waals surface area contributed by atoms with E-state index in [0.717, 1.165) is 19.0 Å². The molecule has 1 N–H and O–H groups in total. The number of ether oxygens (including phenoxy) is 1. The van der Waals surface area contributed by atoms with Gasteiger partial charge in [0.15, 0.2) is 0 Å². The molecule has 0 radical (unpaired) electrons. The van der Waals surface area contributed by atoms with Crippen LogP contribution in [0.1, 0.15) is 39.5 Å². The Morgan fingerprint density at radius 1 is 1.44 bits per heavy atom. The summed E-state index contributed by atoms with van der Waals surface area (Å²) in [4.78, 5) is 11.5. The molecule has 0 aliphatic heterocycles. The molecule has 1 atom stereocenters. The van der Waals surface area contributed by atoms with Crippen LogP contribution in [0.3, 0.4) is 0 Å². The first kappa shape index (κ1) is 13.5. The quantitative estimate of drug-likeness (QED) is 0.535. The number of rotatable bonds is 7. The van der Waals surface area contributed by atoms with E-state index >= 15 is 0 Å². The van der Waals surface area contributed by atoms with Crippen LogP contribution in [-0.2, 0) is 9.53 Å². The van der Waals surface area contributed by atoms with Gasteiger partial charge in [-0.05, 0) is 24.8 Å². The van der Waals surface area contributed by atoms with Crippen molar-refractivity contribution < 1.29 is 9.53 Å². The van der Waals surface area contributed by atoms with Crippen molar-refractivity contribution >= 4 is 5.97 Å². The van der Waals surface area contributed by atoms with E-state index in [9.17, 15) is 4.79 Å². The summed E-state index contributed by atoms with van der Waals surface area (Å²) in [6, 6.07) is 0. The van der Waals surface area contributed by atoms with Crippen LogP contribution in [-0.4, -0.2) is 26.2 Å². The molecule has 3 nitrogen and oxygen atoms in total. The van der Waals surface area contributed by atoms with Gasteiger partial charge in [-0.2, -0.15) is 0 Å². The Kier molecular flexibility index (Phi) is 5.81.